The van der Waals surface area contributed by atoms with Crippen LogP contribution in [-0.4, -0.2) is 17.2 Å². The van der Waals surface area contributed by atoms with E-state index in [4.69, 9.17) is 0 Å². The number of nitrogens with one attached hydrogen (secondary N) is 1. The molecule has 2 bridgehead atoms. The highest BCUT2D eigenvalue weighted by Crippen LogP contribution is 2.52. The van der Waals surface area contributed by atoms with Crippen LogP contribution in [0.4, 0.5) is 0 Å². The van der Waals surface area contributed by atoms with Gasteiger partial charge in [0.15, 0.2) is 0 Å². The van der Waals surface area contributed by atoms with Crippen LogP contribution >= 0.6 is 0 Å². The summed E-state index contributed by atoms with van der Waals surface area (Å²) in [6.07, 6.45) is 8.54. The molecule has 3 aliphatic rings. The van der Waals surface area contributed by atoms with E-state index in [-0.39, 0.29) is 24.6 Å². The molecular weight excluding hydrogens is 322 g/mol. The van der Waals surface area contributed by atoms with Gasteiger partial charge in [-0.2, -0.15) is 0 Å². The minimum Gasteiger partial charge on any atom is -0.351 e. The summed E-state index contributed by atoms with van der Waals surface area (Å²) >= 11 is 0. The molecule has 0 heterocycles. The number of carbonyl (C=O) groups excluding carboxylic acids is 2. The maximum Gasteiger partial charge on any atom is 0.221 e. The average Bonchev–Trinajstić information content (AvgIpc) is 2.57. The van der Waals surface area contributed by atoms with Gasteiger partial charge in [0, 0.05) is 24.7 Å². The van der Waals surface area contributed by atoms with E-state index in [0.717, 1.165) is 19.3 Å². The number of amides is 1. The number of carbonyl (C=O) groups is 2. The van der Waals surface area contributed by atoms with Crippen molar-refractivity contribution in [1.29, 1.82) is 0 Å². The summed E-state index contributed by atoms with van der Waals surface area (Å²) in [5, 5.41) is 3.30. The number of rotatable bonds is 5. The van der Waals surface area contributed by atoms with Gasteiger partial charge in [-0.05, 0) is 43.9 Å². The molecule has 0 aromatic heterocycles. The van der Waals surface area contributed by atoms with Gasteiger partial charge in [0.25, 0.3) is 0 Å². The highest BCUT2D eigenvalue weighted by molar-refractivity contribution is 5.91. The molecule has 156 valence electrons. The Morgan fingerprint density at radius 1 is 1.00 bits per heavy atom. The first-order valence-corrected chi connectivity index (χ1v) is 10.8. The van der Waals surface area contributed by atoms with Gasteiger partial charge in [-0.3, -0.25) is 9.59 Å². The van der Waals surface area contributed by atoms with Gasteiger partial charge in [0.2, 0.25) is 5.91 Å². The Morgan fingerprint density at radius 2 is 1.38 bits per heavy atom. The van der Waals surface area contributed by atoms with E-state index in [1.165, 1.54) is 25.7 Å². The first-order chi connectivity index (χ1) is 12.0. The minimum atomic E-state index is -0.563. The fourth-order valence-electron chi connectivity index (χ4n) is 4.17. The van der Waals surface area contributed by atoms with Crippen LogP contribution in [0.2, 0.25) is 0 Å². The number of fused-ring (bicyclic) bond motifs is 3. The molecule has 3 rings (SSSR count). The Morgan fingerprint density at radius 3 is 1.73 bits per heavy atom. The maximum absolute atomic E-state index is 12.5. The lowest BCUT2D eigenvalue weighted by atomic mass is 9.58. The lowest BCUT2D eigenvalue weighted by Crippen LogP contribution is -2.56. The molecule has 1 N–H and O–H groups in total. The van der Waals surface area contributed by atoms with Gasteiger partial charge in [0.05, 0.1) is 0 Å². The molecule has 3 nitrogen and oxygen atoms in total. The van der Waals surface area contributed by atoms with Gasteiger partial charge in [-0.15, -0.1) is 0 Å². The zero-order valence-electron chi connectivity index (χ0n) is 19.1. The second-order valence-electron chi connectivity index (χ2n) is 9.43. The van der Waals surface area contributed by atoms with Crippen molar-refractivity contribution in [2.24, 2.45) is 16.7 Å². The first-order valence-electron chi connectivity index (χ1n) is 10.8. The summed E-state index contributed by atoms with van der Waals surface area (Å²) in [7, 11) is 0. The van der Waals surface area contributed by atoms with Crippen LogP contribution in [0.5, 0.6) is 0 Å². The van der Waals surface area contributed by atoms with Crippen molar-refractivity contribution in [2.45, 2.75) is 119 Å². The van der Waals surface area contributed by atoms with E-state index in [1.807, 2.05) is 41.5 Å². The minimum absolute atomic E-state index is 0. The third-order valence-electron chi connectivity index (χ3n) is 5.82. The molecule has 0 aromatic carbocycles. The van der Waals surface area contributed by atoms with Crippen molar-refractivity contribution in [1.82, 2.24) is 5.32 Å². The van der Waals surface area contributed by atoms with Gasteiger partial charge in [-0.1, -0.05) is 68.7 Å². The van der Waals surface area contributed by atoms with Crippen molar-refractivity contribution < 1.29 is 11.0 Å². The van der Waals surface area contributed by atoms with E-state index in [9.17, 15) is 9.59 Å². The van der Waals surface area contributed by atoms with E-state index < -0.39 is 5.41 Å². The van der Waals surface area contributed by atoms with Crippen LogP contribution in [0.25, 0.3) is 0 Å². The number of ketones is 1. The molecule has 0 aromatic rings. The molecule has 0 atom stereocenters. The van der Waals surface area contributed by atoms with Crippen molar-refractivity contribution in [3.05, 3.63) is 0 Å². The molecule has 0 unspecified atom stereocenters. The van der Waals surface area contributed by atoms with Crippen LogP contribution in [0.1, 0.15) is 115 Å². The summed E-state index contributed by atoms with van der Waals surface area (Å²) in [6.45, 7) is 18.2. The lowest BCUT2D eigenvalue weighted by Gasteiger charge is -2.52. The zero-order chi connectivity index (χ0) is 20.6. The number of hydrogen-bond acceptors (Lipinski definition) is 2. The van der Waals surface area contributed by atoms with Crippen LogP contribution in [0, 0.1) is 16.7 Å². The van der Waals surface area contributed by atoms with Gasteiger partial charge in [0.1, 0.15) is 5.78 Å². The summed E-state index contributed by atoms with van der Waals surface area (Å²) < 4.78 is 0. The van der Waals surface area contributed by atoms with Gasteiger partial charge < -0.3 is 5.32 Å². The second-order valence-corrected chi connectivity index (χ2v) is 9.43. The van der Waals surface area contributed by atoms with E-state index in [2.05, 4.69) is 26.1 Å². The smallest absolute Gasteiger partial charge is 0.221 e. The largest absolute Gasteiger partial charge is 0.351 e. The Labute approximate surface area is 164 Å². The van der Waals surface area contributed by atoms with E-state index >= 15 is 0 Å². The molecular formula is C23H47NO2. The standard InChI is InChI=1S/C18H31NO2.C3H8.C2H6.H2/c1-13(2)15(21)16(3,4)12-14(20)19-18-9-6-17(5,7-10-18)8-11-18;1-3-2;1-2;/h13H,6-12H2,1-5H3,(H,19,20);3H2,1-2H3;1-2H3;1H. The second kappa shape index (κ2) is 10.5. The third kappa shape index (κ3) is 7.04. The molecule has 3 saturated carbocycles. The normalized spacial score (nSPS) is 27.0. The van der Waals surface area contributed by atoms with Crippen LogP contribution in [-0.2, 0) is 9.59 Å². The lowest BCUT2D eigenvalue weighted by molar-refractivity contribution is -0.136. The molecule has 0 radical (unpaired) electrons. The molecule has 0 aliphatic heterocycles. The Balaban J connectivity index is 0. The van der Waals surface area contributed by atoms with Gasteiger partial charge in [-0.25, -0.2) is 0 Å². The topological polar surface area (TPSA) is 46.2 Å². The maximum atomic E-state index is 12.5. The molecule has 26 heavy (non-hydrogen) atoms. The highest BCUT2D eigenvalue weighted by atomic mass is 16.2. The summed E-state index contributed by atoms with van der Waals surface area (Å²) in [4.78, 5) is 24.7. The zero-order valence-corrected chi connectivity index (χ0v) is 19.1. The van der Waals surface area contributed by atoms with Crippen LogP contribution < -0.4 is 5.32 Å². The van der Waals surface area contributed by atoms with E-state index in [0.29, 0.717) is 11.8 Å². The quantitative estimate of drug-likeness (QED) is 0.597. The molecule has 3 aliphatic carbocycles. The predicted molar refractivity (Wildman–Crippen MR) is 114 cm³/mol. The SMILES string of the molecule is CC.CC(C)C(=O)C(C)(C)CC(=O)NC12CCC(C)(CC1)CC2.CCC.[HH]. The summed E-state index contributed by atoms with van der Waals surface area (Å²) in [5.41, 5.74) is -0.0299. The Bertz CT molecular complexity index is 433. The highest BCUT2D eigenvalue weighted by Gasteiger charge is 2.47. The molecule has 3 fully saturated rings. The predicted octanol–water partition coefficient (Wildman–Crippen LogP) is 6.55. The Hall–Kier alpha value is -0.860. The number of hydrogen-bond donors (Lipinski definition) is 1. The number of Topliss-reactive ketones (excluding diaryl/α,β-unsaturated/α-hetero) is 1. The van der Waals surface area contributed by atoms with Crippen LogP contribution in [0.3, 0.4) is 0 Å². The summed E-state index contributed by atoms with van der Waals surface area (Å²) in [6, 6.07) is 0. The molecule has 3 heteroatoms. The fraction of sp³-hybridized carbons (Fsp3) is 0.913. The van der Waals surface area contributed by atoms with E-state index in [1.54, 1.807) is 0 Å². The molecule has 0 spiro atoms. The van der Waals surface area contributed by atoms with Crippen molar-refractivity contribution in [2.75, 3.05) is 0 Å². The monoisotopic (exact) mass is 369 g/mol. The average molecular weight is 370 g/mol. The Kier molecular flexibility index (Phi) is 10.1. The van der Waals surface area contributed by atoms with Crippen molar-refractivity contribution in [3.63, 3.8) is 0 Å². The molecule has 1 amide bonds. The summed E-state index contributed by atoms with van der Waals surface area (Å²) in [5.74, 6) is 0.213. The first kappa shape index (κ1) is 25.1. The fourth-order valence-corrected chi connectivity index (χ4v) is 4.17. The third-order valence-corrected chi connectivity index (χ3v) is 5.82. The van der Waals surface area contributed by atoms with Crippen molar-refractivity contribution >= 4 is 11.7 Å². The molecule has 0 saturated heterocycles. The van der Waals surface area contributed by atoms with Crippen molar-refractivity contribution in [3.8, 4) is 0 Å². The van der Waals surface area contributed by atoms with Crippen LogP contribution in [0.15, 0.2) is 0 Å². The van der Waals surface area contributed by atoms with Gasteiger partial charge >= 0.3 is 0 Å².